The van der Waals surface area contributed by atoms with E-state index in [0.717, 1.165) is 5.56 Å². The van der Waals surface area contributed by atoms with E-state index in [1.54, 1.807) is 6.55 Å². The van der Waals surface area contributed by atoms with Gasteiger partial charge < -0.3 is 13.9 Å². The van der Waals surface area contributed by atoms with Crippen molar-refractivity contribution in [3.8, 4) is 0 Å². The lowest BCUT2D eigenvalue weighted by molar-refractivity contribution is -0.361. The molecule has 3 nitrogen and oxygen atoms in total. The van der Waals surface area contributed by atoms with Gasteiger partial charge in [-0.25, -0.2) is 4.39 Å². The Hall–Kier alpha value is -1.17. The molecule has 11 heteroatoms. The van der Waals surface area contributed by atoms with E-state index < -0.39 is 58.9 Å². The highest BCUT2D eigenvalue weighted by atomic mass is 28.3. The average Bonchev–Trinajstić information content (AvgIpc) is 2.76. The van der Waals surface area contributed by atoms with Crippen molar-refractivity contribution in [2.75, 3.05) is 6.61 Å². The van der Waals surface area contributed by atoms with E-state index in [9.17, 15) is 30.7 Å². The molecule has 35 heavy (non-hydrogen) atoms. The van der Waals surface area contributed by atoms with E-state index >= 15 is 0 Å². The van der Waals surface area contributed by atoms with E-state index in [4.69, 9.17) is 4.43 Å². The van der Waals surface area contributed by atoms with Gasteiger partial charge in [-0.3, -0.25) is 0 Å². The first-order chi connectivity index (χ1) is 16.3. The van der Waals surface area contributed by atoms with Gasteiger partial charge in [-0.2, -0.15) is 26.3 Å². The molecule has 0 saturated heterocycles. The van der Waals surface area contributed by atoms with Crippen molar-refractivity contribution >= 4 is 9.04 Å². The van der Waals surface area contributed by atoms with Gasteiger partial charge in [0.2, 0.25) is 0 Å². The molecule has 0 saturated carbocycles. The molecule has 0 bridgehead atoms. The third kappa shape index (κ3) is 12.6. The Bertz CT molecular complexity index is 693. The second kappa shape index (κ2) is 15.2. The molecular formula is C24H37F7O3Si. The number of alkyl halides is 7. The third-order valence-corrected chi connectivity index (χ3v) is 7.08. The maximum absolute atomic E-state index is 14.0. The first-order valence-corrected chi connectivity index (χ1v) is 14.5. The zero-order chi connectivity index (χ0) is 26.5. The van der Waals surface area contributed by atoms with Crippen molar-refractivity contribution in [3.63, 3.8) is 0 Å². The summed E-state index contributed by atoms with van der Waals surface area (Å²) in [6.45, 7) is 4.36. The molecule has 1 aromatic carbocycles. The van der Waals surface area contributed by atoms with Gasteiger partial charge >= 0.3 is 18.1 Å². The molecule has 0 spiro atoms. The normalized spacial score (nSPS) is 14.9. The van der Waals surface area contributed by atoms with E-state index in [2.05, 4.69) is 9.47 Å². The Kier molecular flexibility index (Phi) is 13.8. The highest BCUT2D eigenvalue weighted by Gasteiger charge is 2.63. The Morgan fingerprint density at radius 2 is 1.49 bits per heavy atom. The van der Waals surface area contributed by atoms with Crippen LogP contribution in [0.2, 0.25) is 12.6 Å². The summed E-state index contributed by atoms with van der Waals surface area (Å²) in [7, 11) is -1.94. The van der Waals surface area contributed by atoms with Gasteiger partial charge in [0.25, 0.3) is 0 Å². The zero-order valence-corrected chi connectivity index (χ0v) is 21.7. The number of ether oxygens (including phenoxy) is 2. The minimum Gasteiger partial charge on any atom is -0.416 e. The van der Waals surface area contributed by atoms with Crippen molar-refractivity contribution in [3.05, 3.63) is 35.9 Å². The fourth-order valence-corrected chi connectivity index (χ4v) is 4.39. The van der Waals surface area contributed by atoms with Gasteiger partial charge in [0, 0.05) is 6.42 Å². The van der Waals surface area contributed by atoms with Crippen LogP contribution in [0.5, 0.6) is 0 Å². The summed E-state index contributed by atoms with van der Waals surface area (Å²) in [4.78, 5) is 0. The Morgan fingerprint density at radius 3 is 2.11 bits per heavy atom. The monoisotopic (exact) mass is 534 g/mol. The third-order valence-electron chi connectivity index (χ3n) is 5.30. The van der Waals surface area contributed by atoms with Crippen molar-refractivity contribution < 1.29 is 44.6 Å². The minimum absolute atomic E-state index is 0.0662. The largest absolute Gasteiger partial charge is 0.422 e. The number of hydrogen-bond donors (Lipinski definition) is 0. The maximum atomic E-state index is 14.0. The molecular weight excluding hydrogens is 497 g/mol. The van der Waals surface area contributed by atoms with Crippen LogP contribution in [-0.4, -0.2) is 46.1 Å². The molecule has 1 rings (SSSR count). The molecule has 0 radical (unpaired) electrons. The van der Waals surface area contributed by atoms with Crippen LogP contribution in [0, 0.1) is 0 Å². The first-order valence-electron chi connectivity index (χ1n) is 12.0. The molecule has 0 aliphatic carbocycles. The average molecular weight is 535 g/mol. The van der Waals surface area contributed by atoms with E-state index in [-0.39, 0.29) is 25.3 Å². The van der Waals surface area contributed by atoms with Gasteiger partial charge in [0.05, 0.1) is 19.3 Å². The molecule has 0 aliphatic rings. The molecule has 0 fully saturated rings. The molecule has 2 unspecified atom stereocenters. The molecule has 0 aromatic heterocycles. The van der Waals surface area contributed by atoms with Crippen molar-refractivity contribution in [2.45, 2.75) is 108 Å². The second-order valence-electron chi connectivity index (χ2n) is 8.96. The zero-order valence-electron chi connectivity index (χ0n) is 20.6. The minimum atomic E-state index is -4.97. The number of rotatable bonds is 19. The van der Waals surface area contributed by atoms with Crippen LogP contribution in [-0.2, 0) is 20.5 Å². The molecule has 2 atom stereocenters. The summed E-state index contributed by atoms with van der Waals surface area (Å²) < 4.78 is 111. The Labute approximate surface area is 205 Å². The predicted molar refractivity (Wildman–Crippen MR) is 123 cm³/mol. The van der Waals surface area contributed by atoms with E-state index in [0.29, 0.717) is 19.4 Å². The lowest BCUT2D eigenvalue weighted by atomic mass is 10.0. The smallest absolute Gasteiger partial charge is 0.416 e. The fourth-order valence-electron chi connectivity index (χ4n) is 3.30. The highest BCUT2D eigenvalue weighted by Crippen LogP contribution is 2.41. The van der Waals surface area contributed by atoms with E-state index in [1.807, 2.05) is 30.3 Å². The molecule has 0 heterocycles. The van der Waals surface area contributed by atoms with Gasteiger partial charge in [-0.05, 0) is 44.8 Å². The summed E-state index contributed by atoms with van der Waals surface area (Å²) in [5.74, 6) is -4.97. The summed E-state index contributed by atoms with van der Waals surface area (Å²) >= 11 is 0. The summed E-state index contributed by atoms with van der Waals surface area (Å²) in [5.41, 5.74) is 0.906. The van der Waals surface area contributed by atoms with Gasteiger partial charge in [-0.15, -0.1) is 0 Å². The van der Waals surface area contributed by atoms with Crippen LogP contribution in [0.1, 0.15) is 64.4 Å². The Morgan fingerprint density at radius 1 is 0.886 bits per heavy atom. The maximum Gasteiger partial charge on any atom is 0.422 e. The van der Waals surface area contributed by atoms with Crippen LogP contribution >= 0.6 is 0 Å². The fraction of sp³-hybridized carbons (Fsp3) is 0.750. The standard InChI is InChI=1S/C24H37F7O3Si/c1-19(2)34-22(26,27)15-11-6-4-5-10-14-21(25)23(28,29)24(30,31)32-16-17-35(3)33-18-20-12-8-7-9-13-20/h7-9,12-13,19,21,35H,4-6,10-11,14-18H2,1-3H3. The number of unbranched alkanes of at least 4 members (excludes halogenated alkanes) is 4. The van der Waals surface area contributed by atoms with Crippen LogP contribution in [0.15, 0.2) is 30.3 Å². The lowest BCUT2D eigenvalue weighted by Crippen LogP contribution is -2.50. The number of halogens is 7. The molecule has 0 N–H and O–H groups in total. The summed E-state index contributed by atoms with van der Waals surface area (Å²) in [6, 6.07) is 9.25. The highest BCUT2D eigenvalue weighted by molar-refractivity contribution is 6.50. The van der Waals surface area contributed by atoms with Crippen LogP contribution in [0.25, 0.3) is 0 Å². The number of benzene rings is 1. The summed E-state index contributed by atoms with van der Waals surface area (Å²) in [6.07, 6.45) is -12.0. The molecule has 204 valence electrons. The SMILES string of the molecule is CC(C)OC(F)(F)CCCCCCCC(F)C(F)(F)C(F)(F)OCC[SiH](C)OCc1ccccc1. The summed E-state index contributed by atoms with van der Waals surface area (Å²) in [5, 5.41) is 0. The van der Waals surface area contributed by atoms with Gasteiger partial charge in [0.1, 0.15) is 0 Å². The topological polar surface area (TPSA) is 27.7 Å². The van der Waals surface area contributed by atoms with Crippen LogP contribution in [0.4, 0.5) is 30.7 Å². The second-order valence-corrected chi connectivity index (χ2v) is 11.5. The van der Waals surface area contributed by atoms with Crippen molar-refractivity contribution in [2.24, 2.45) is 0 Å². The van der Waals surface area contributed by atoms with E-state index in [1.165, 1.54) is 13.8 Å². The van der Waals surface area contributed by atoms with Gasteiger partial charge in [-0.1, -0.05) is 56.0 Å². The molecule has 1 aromatic rings. The first kappa shape index (κ1) is 31.9. The van der Waals surface area contributed by atoms with Crippen LogP contribution < -0.4 is 0 Å². The van der Waals surface area contributed by atoms with Crippen molar-refractivity contribution in [1.29, 1.82) is 0 Å². The molecule has 0 amide bonds. The van der Waals surface area contributed by atoms with Crippen LogP contribution in [0.3, 0.4) is 0 Å². The van der Waals surface area contributed by atoms with Gasteiger partial charge in [0.15, 0.2) is 15.2 Å². The number of hydrogen-bond acceptors (Lipinski definition) is 3. The predicted octanol–water partition coefficient (Wildman–Crippen LogP) is 7.89. The molecule has 0 aliphatic heterocycles. The van der Waals surface area contributed by atoms with Crippen molar-refractivity contribution in [1.82, 2.24) is 0 Å². The quantitative estimate of drug-likeness (QED) is 0.103. The Balaban J connectivity index is 2.27. The lowest BCUT2D eigenvalue weighted by Gasteiger charge is -2.29.